The van der Waals surface area contributed by atoms with E-state index in [0.717, 1.165) is 0 Å². The van der Waals surface area contributed by atoms with E-state index in [0.29, 0.717) is 16.4 Å². The van der Waals surface area contributed by atoms with Crippen LogP contribution in [-0.2, 0) is 9.53 Å². The van der Waals surface area contributed by atoms with Crippen molar-refractivity contribution in [1.82, 2.24) is 9.88 Å². The lowest BCUT2D eigenvalue weighted by atomic mass is 10.0. The van der Waals surface area contributed by atoms with E-state index in [-0.39, 0.29) is 18.2 Å². The van der Waals surface area contributed by atoms with E-state index < -0.39 is 11.7 Å². The molecular weight excluding hydrogens is 304 g/mol. The lowest BCUT2D eigenvalue weighted by Crippen LogP contribution is -2.44. The van der Waals surface area contributed by atoms with E-state index >= 15 is 0 Å². The first-order chi connectivity index (χ1) is 10.2. The molecule has 1 aromatic rings. The number of hydrogen-bond acceptors (Lipinski definition) is 4. The fourth-order valence-electron chi connectivity index (χ4n) is 2.24. The monoisotopic (exact) mass is 322 g/mol. The van der Waals surface area contributed by atoms with Crippen molar-refractivity contribution >= 4 is 29.2 Å². The molecule has 1 amide bonds. The van der Waals surface area contributed by atoms with E-state index in [1.807, 2.05) is 6.92 Å². The number of carbonyl (C=O) groups is 2. The molecule has 1 aliphatic rings. The number of hydrogen-bond donors (Lipinski definition) is 0. The van der Waals surface area contributed by atoms with Gasteiger partial charge in [-0.1, -0.05) is 11.6 Å². The Morgan fingerprint density at radius 1 is 1.41 bits per heavy atom. The van der Waals surface area contributed by atoms with Crippen LogP contribution in [0.3, 0.4) is 0 Å². The smallest absolute Gasteiger partial charge is 0.415 e. The predicted octanol–water partition coefficient (Wildman–Crippen LogP) is 3.67. The summed E-state index contributed by atoms with van der Waals surface area (Å²) in [5.41, 5.74) is 0.527. The first-order valence-electron chi connectivity index (χ1n) is 7.06. The van der Waals surface area contributed by atoms with Crippen LogP contribution in [0.5, 0.6) is 0 Å². The third kappa shape index (κ3) is 3.85. The largest absolute Gasteiger partial charge is 0.443 e. The van der Waals surface area contributed by atoms with Gasteiger partial charge in [0.1, 0.15) is 10.8 Å². The second-order valence-corrected chi connectivity index (χ2v) is 6.66. The molecule has 2 heterocycles. The Bertz CT molecular complexity index is 617. The number of nitrogens with zero attached hydrogens (tertiary/aromatic N) is 2. The van der Waals surface area contributed by atoms with Crippen molar-refractivity contribution in [1.29, 1.82) is 0 Å². The highest BCUT2D eigenvalue weighted by Crippen LogP contribution is 2.29. The summed E-state index contributed by atoms with van der Waals surface area (Å²) in [6.07, 6.45) is 2.78. The van der Waals surface area contributed by atoms with Crippen molar-refractivity contribution in [3.63, 3.8) is 0 Å². The van der Waals surface area contributed by atoms with Gasteiger partial charge in [-0.25, -0.2) is 9.78 Å². The SMILES string of the molecule is CC1CC(=O)C=C(c2ccc(Cl)nc2)N1C(=O)OC(C)(C)C. The normalized spacial score (nSPS) is 19.0. The maximum atomic E-state index is 12.5. The number of aromatic nitrogens is 1. The van der Waals surface area contributed by atoms with E-state index in [2.05, 4.69) is 4.98 Å². The molecule has 0 spiro atoms. The van der Waals surface area contributed by atoms with Crippen molar-refractivity contribution in [2.24, 2.45) is 0 Å². The highest BCUT2D eigenvalue weighted by molar-refractivity contribution is 6.29. The predicted molar refractivity (Wildman–Crippen MR) is 84.4 cm³/mol. The van der Waals surface area contributed by atoms with Gasteiger partial charge >= 0.3 is 6.09 Å². The van der Waals surface area contributed by atoms with Gasteiger partial charge in [-0.2, -0.15) is 0 Å². The van der Waals surface area contributed by atoms with Crippen LogP contribution in [0.25, 0.3) is 5.70 Å². The van der Waals surface area contributed by atoms with Crippen LogP contribution in [0.4, 0.5) is 4.79 Å². The molecule has 5 nitrogen and oxygen atoms in total. The maximum absolute atomic E-state index is 12.5. The van der Waals surface area contributed by atoms with Crippen molar-refractivity contribution < 1.29 is 14.3 Å². The minimum atomic E-state index is -0.610. The van der Waals surface area contributed by atoms with Gasteiger partial charge in [0.05, 0.1) is 5.70 Å². The Morgan fingerprint density at radius 3 is 2.64 bits per heavy atom. The minimum absolute atomic E-state index is 0.0303. The lowest BCUT2D eigenvalue weighted by Gasteiger charge is -2.35. The standard InChI is InChI=1S/C16H19ClN2O3/c1-10-7-12(20)8-13(11-5-6-14(17)18-9-11)19(10)15(21)22-16(2,3)4/h5-6,8-10H,7H2,1-4H3. The fraction of sp³-hybridized carbons (Fsp3) is 0.438. The Hall–Kier alpha value is -1.88. The van der Waals surface area contributed by atoms with Crippen LogP contribution in [-0.4, -0.2) is 33.4 Å². The molecule has 118 valence electrons. The van der Waals surface area contributed by atoms with Crippen LogP contribution in [0, 0.1) is 0 Å². The number of rotatable bonds is 1. The van der Waals surface area contributed by atoms with Gasteiger partial charge in [-0.15, -0.1) is 0 Å². The summed E-state index contributed by atoms with van der Waals surface area (Å²) in [5.74, 6) is -0.0303. The van der Waals surface area contributed by atoms with Crippen molar-refractivity contribution in [3.05, 3.63) is 35.1 Å². The van der Waals surface area contributed by atoms with Crippen LogP contribution in [0.15, 0.2) is 24.4 Å². The van der Waals surface area contributed by atoms with Crippen LogP contribution < -0.4 is 0 Å². The zero-order valence-electron chi connectivity index (χ0n) is 13.1. The fourth-order valence-corrected chi connectivity index (χ4v) is 2.35. The van der Waals surface area contributed by atoms with E-state index in [1.165, 1.54) is 17.2 Å². The topological polar surface area (TPSA) is 59.5 Å². The summed E-state index contributed by atoms with van der Waals surface area (Å²) in [4.78, 5) is 29.9. The Labute approximate surface area is 134 Å². The summed E-state index contributed by atoms with van der Waals surface area (Å²) in [6, 6.07) is 3.07. The molecule has 1 aromatic heterocycles. The molecule has 22 heavy (non-hydrogen) atoms. The molecule has 0 aliphatic carbocycles. The summed E-state index contributed by atoms with van der Waals surface area (Å²) < 4.78 is 5.45. The molecule has 1 atom stereocenters. The number of halogens is 1. The molecule has 0 radical (unpaired) electrons. The molecule has 6 heteroatoms. The van der Waals surface area contributed by atoms with E-state index in [4.69, 9.17) is 16.3 Å². The molecule has 1 unspecified atom stereocenters. The first kappa shape index (κ1) is 16.5. The zero-order valence-corrected chi connectivity index (χ0v) is 13.8. The first-order valence-corrected chi connectivity index (χ1v) is 7.44. The number of pyridine rings is 1. The molecular formula is C16H19ClN2O3. The molecule has 0 bridgehead atoms. The van der Waals surface area contributed by atoms with E-state index in [9.17, 15) is 9.59 Å². The van der Waals surface area contributed by atoms with Gasteiger partial charge in [-0.3, -0.25) is 9.69 Å². The quantitative estimate of drug-likeness (QED) is 0.740. The molecule has 0 aromatic carbocycles. The van der Waals surface area contributed by atoms with Crippen molar-refractivity contribution in [2.45, 2.75) is 45.8 Å². The van der Waals surface area contributed by atoms with Crippen molar-refractivity contribution in [2.75, 3.05) is 0 Å². The van der Waals surface area contributed by atoms with Gasteiger partial charge in [0.25, 0.3) is 0 Å². The zero-order chi connectivity index (χ0) is 16.5. The Balaban J connectivity index is 2.39. The highest BCUT2D eigenvalue weighted by atomic mass is 35.5. The van der Waals surface area contributed by atoms with Crippen LogP contribution in [0.1, 0.15) is 39.7 Å². The Morgan fingerprint density at radius 2 is 2.09 bits per heavy atom. The average molecular weight is 323 g/mol. The number of allylic oxidation sites excluding steroid dienone is 1. The van der Waals surface area contributed by atoms with E-state index in [1.54, 1.807) is 32.9 Å². The molecule has 0 fully saturated rings. The van der Waals surface area contributed by atoms with Gasteiger partial charge in [-0.05, 0) is 39.8 Å². The number of amides is 1. The van der Waals surface area contributed by atoms with Crippen LogP contribution in [0.2, 0.25) is 5.15 Å². The van der Waals surface area contributed by atoms with Gasteiger partial charge in [0, 0.05) is 30.3 Å². The van der Waals surface area contributed by atoms with Gasteiger partial charge in [0.2, 0.25) is 0 Å². The number of ether oxygens (including phenoxy) is 1. The minimum Gasteiger partial charge on any atom is -0.443 e. The Kier molecular flexibility index (Phi) is 4.56. The molecule has 2 rings (SSSR count). The molecule has 0 saturated heterocycles. The summed E-state index contributed by atoms with van der Waals surface area (Å²) in [7, 11) is 0. The maximum Gasteiger partial charge on any atom is 0.415 e. The lowest BCUT2D eigenvalue weighted by molar-refractivity contribution is -0.115. The summed E-state index contributed by atoms with van der Waals surface area (Å²) in [6.45, 7) is 7.23. The summed E-state index contributed by atoms with van der Waals surface area (Å²) in [5, 5.41) is 0.350. The van der Waals surface area contributed by atoms with Gasteiger partial charge < -0.3 is 4.74 Å². The number of ketones is 1. The van der Waals surface area contributed by atoms with Crippen molar-refractivity contribution in [3.8, 4) is 0 Å². The molecule has 1 aliphatic heterocycles. The average Bonchev–Trinajstić information content (AvgIpc) is 2.36. The second kappa shape index (κ2) is 6.08. The molecule has 0 saturated carbocycles. The van der Waals surface area contributed by atoms with Gasteiger partial charge in [0.15, 0.2) is 5.78 Å². The number of carbonyl (C=O) groups excluding carboxylic acids is 2. The second-order valence-electron chi connectivity index (χ2n) is 6.27. The van der Waals surface area contributed by atoms with Crippen LogP contribution >= 0.6 is 11.6 Å². The molecule has 0 N–H and O–H groups in total. The third-order valence-electron chi connectivity index (χ3n) is 3.11. The highest BCUT2D eigenvalue weighted by Gasteiger charge is 2.33. The third-order valence-corrected chi connectivity index (χ3v) is 3.33. The summed E-state index contributed by atoms with van der Waals surface area (Å²) >= 11 is 5.79.